The number of aliphatic hydroxyl groups is 2. The number of hydrogen-bond donors (Lipinski definition) is 2. The molecule has 20 heavy (non-hydrogen) atoms. The van der Waals surface area contributed by atoms with Gasteiger partial charge in [-0.05, 0) is 18.9 Å². The summed E-state index contributed by atoms with van der Waals surface area (Å²) in [5.41, 5.74) is -0.503. The van der Waals surface area contributed by atoms with Crippen LogP contribution in [0.15, 0.2) is 24.3 Å². The number of aryl methyl sites for hydroxylation is 1. The molecule has 1 heterocycles. The highest BCUT2D eigenvalue weighted by Crippen LogP contribution is 2.31. The molecule has 0 bridgehead atoms. The number of carbonyl (C=O) groups is 1. The zero-order chi connectivity index (χ0) is 14.8. The van der Waals surface area contributed by atoms with E-state index in [2.05, 4.69) is 0 Å². The minimum absolute atomic E-state index is 0.0620. The van der Waals surface area contributed by atoms with Crippen molar-refractivity contribution in [3.8, 4) is 0 Å². The minimum atomic E-state index is -1.94. The number of aliphatic hydroxyl groups excluding tert-OH is 1. The molecule has 3 unspecified atom stereocenters. The Labute approximate surface area is 118 Å². The summed E-state index contributed by atoms with van der Waals surface area (Å²) < 4.78 is 9.97. The fourth-order valence-corrected chi connectivity index (χ4v) is 2.02. The van der Waals surface area contributed by atoms with Crippen LogP contribution in [0.4, 0.5) is 0 Å². The van der Waals surface area contributed by atoms with E-state index >= 15 is 0 Å². The van der Waals surface area contributed by atoms with Crippen molar-refractivity contribution in [2.45, 2.75) is 38.1 Å². The van der Waals surface area contributed by atoms with Gasteiger partial charge in [-0.2, -0.15) is 0 Å². The average molecular weight is 280 g/mol. The number of ether oxygens (including phenoxy) is 2. The molecule has 5 heteroatoms. The van der Waals surface area contributed by atoms with Crippen molar-refractivity contribution < 1.29 is 24.5 Å². The largest absolute Gasteiger partial charge is 0.461 e. The maximum absolute atomic E-state index is 12.0. The van der Waals surface area contributed by atoms with E-state index in [1.54, 1.807) is 25.1 Å². The first kappa shape index (κ1) is 15.0. The van der Waals surface area contributed by atoms with Gasteiger partial charge in [0.2, 0.25) is 0 Å². The first-order valence-corrected chi connectivity index (χ1v) is 6.73. The second-order valence-corrected chi connectivity index (χ2v) is 5.15. The molecule has 1 aliphatic rings. The lowest BCUT2D eigenvalue weighted by molar-refractivity contribution is -0.180. The third kappa shape index (κ3) is 3.17. The fraction of sp³-hybridized carbons (Fsp3) is 0.533. The topological polar surface area (TPSA) is 79.3 Å². The Morgan fingerprint density at radius 1 is 1.60 bits per heavy atom. The maximum Gasteiger partial charge on any atom is 0.341 e. The number of epoxide rings is 1. The highest BCUT2D eigenvalue weighted by Gasteiger charge is 2.44. The van der Waals surface area contributed by atoms with Gasteiger partial charge in [-0.3, -0.25) is 0 Å². The smallest absolute Gasteiger partial charge is 0.341 e. The summed E-state index contributed by atoms with van der Waals surface area (Å²) in [6.07, 6.45) is -1.33. The van der Waals surface area contributed by atoms with Crippen molar-refractivity contribution in [3.05, 3.63) is 35.4 Å². The molecule has 5 nitrogen and oxygen atoms in total. The Kier molecular flexibility index (Phi) is 4.42. The number of benzene rings is 1. The fourth-order valence-electron chi connectivity index (χ4n) is 2.02. The summed E-state index contributed by atoms with van der Waals surface area (Å²) >= 11 is 0. The van der Waals surface area contributed by atoms with Crippen LogP contribution in [-0.2, 0) is 14.3 Å². The third-order valence-electron chi connectivity index (χ3n) is 3.51. The molecule has 1 fully saturated rings. The van der Waals surface area contributed by atoms with Gasteiger partial charge in [-0.25, -0.2) is 4.79 Å². The summed E-state index contributed by atoms with van der Waals surface area (Å²) in [5, 5.41) is 20.8. The molecule has 1 aromatic rings. The van der Waals surface area contributed by atoms with E-state index in [0.717, 1.165) is 5.56 Å². The van der Waals surface area contributed by atoms with E-state index < -0.39 is 17.7 Å². The van der Waals surface area contributed by atoms with Crippen molar-refractivity contribution in [2.24, 2.45) is 0 Å². The van der Waals surface area contributed by atoms with Crippen LogP contribution in [0.5, 0.6) is 0 Å². The Morgan fingerprint density at radius 3 is 2.85 bits per heavy atom. The third-order valence-corrected chi connectivity index (χ3v) is 3.51. The first-order chi connectivity index (χ1) is 9.47. The molecule has 3 atom stereocenters. The molecular formula is C15H20O5. The Hall–Kier alpha value is -1.43. The van der Waals surface area contributed by atoms with Crippen LogP contribution in [0, 0.1) is 6.92 Å². The highest BCUT2D eigenvalue weighted by molar-refractivity contribution is 5.80. The molecule has 2 rings (SSSR count). The number of rotatable bonds is 6. The lowest BCUT2D eigenvalue weighted by Gasteiger charge is -2.30. The van der Waals surface area contributed by atoms with E-state index in [1.807, 2.05) is 13.0 Å². The van der Waals surface area contributed by atoms with E-state index in [9.17, 15) is 15.0 Å². The Bertz CT molecular complexity index is 483. The van der Waals surface area contributed by atoms with Gasteiger partial charge < -0.3 is 19.7 Å². The van der Waals surface area contributed by atoms with E-state index in [4.69, 9.17) is 9.47 Å². The van der Waals surface area contributed by atoms with Gasteiger partial charge in [0.25, 0.3) is 0 Å². The van der Waals surface area contributed by atoms with Crippen molar-refractivity contribution in [3.63, 3.8) is 0 Å². The van der Waals surface area contributed by atoms with Crippen molar-refractivity contribution >= 4 is 5.97 Å². The average Bonchev–Trinajstić information content (AvgIpc) is 3.27. The molecule has 0 radical (unpaired) electrons. The van der Waals surface area contributed by atoms with Gasteiger partial charge in [0.15, 0.2) is 5.60 Å². The molecule has 1 saturated heterocycles. The molecular weight excluding hydrogens is 260 g/mol. The van der Waals surface area contributed by atoms with Crippen molar-refractivity contribution in [1.29, 1.82) is 0 Å². The predicted octanol–water partition coefficient (Wildman–Crippen LogP) is 1.11. The summed E-state index contributed by atoms with van der Waals surface area (Å²) in [5.74, 6) is -0.815. The van der Waals surface area contributed by atoms with Crippen LogP contribution in [0.3, 0.4) is 0 Å². The van der Waals surface area contributed by atoms with Crippen molar-refractivity contribution in [2.75, 3.05) is 13.2 Å². The second kappa shape index (κ2) is 5.91. The summed E-state index contributed by atoms with van der Waals surface area (Å²) in [6.45, 7) is 4.19. The van der Waals surface area contributed by atoms with Gasteiger partial charge in [0, 0.05) is 0 Å². The lowest BCUT2D eigenvalue weighted by Crippen LogP contribution is -2.45. The van der Waals surface area contributed by atoms with Crippen LogP contribution in [0.25, 0.3) is 0 Å². The molecule has 0 spiro atoms. The molecule has 0 amide bonds. The Balaban J connectivity index is 2.12. The van der Waals surface area contributed by atoms with Crippen LogP contribution < -0.4 is 0 Å². The summed E-state index contributed by atoms with van der Waals surface area (Å²) in [6, 6.07) is 7.06. The summed E-state index contributed by atoms with van der Waals surface area (Å²) in [7, 11) is 0. The quantitative estimate of drug-likeness (QED) is 0.603. The van der Waals surface area contributed by atoms with Crippen LogP contribution in [0.1, 0.15) is 30.6 Å². The Morgan fingerprint density at radius 2 is 2.30 bits per heavy atom. The normalized spacial score (nSPS) is 21.9. The molecule has 0 aliphatic carbocycles. The number of carbonyl (C=O) groups excluding carboxylic acids is 1. The highest BCUT2D eigenvalue weighted by atomic mass is 16.6. The second-order valence-electron chi connectivity index (χ2n) is 5.15. The number of esters is 1. The molecule has 110 valence electrons. The van der Waals surface area contributed by atoms with Gasteiger partial charge in [-0.1, -0.05) is 36.8 Å². The number of hydrogen-bond acceptors (Lipinski definition) is 5. The minimum Gasteiger partial charge on any atom is -0.461 e. The van der Waals surface area contributed by atoms with Crippen LogP contribution >= 0.6 is 0 Å². The SMILES string of the molecule is CCC(O)(C(=O)OCC1CO1)C(O)c1cccc(C)c1. The first-order valence-electron chi connectivity index (χ1n) is 6.73. The van der Waals surface area contributed by atoms with Crippen LogP contribution in [-0.4, -0.2) is 41.1 Å². The van der Waals surface area contributed by atoms with Gasteiger partial charge in [0.1, 0.15) is 18.8 Å². The molecule has 0 aromatic heterocycles. The maximum atomic E-state index is 12.0. The zero-order valence-electron chi connectivity index (χ0n) is 11.7. The molecule has 1 aromatic carbocycles. The van der Waals surface area contributed by atoms with Gasteiger partial charge in [0.05, 0.1) is 6.61 Å². The standard InChI is InChI=1S/C15H20O5/c1-3-15(18,14(17)20-9-12-8-19-12)13(16)11-6-4-5-10(2)7-11/h4-7,12-13,16,18H,3,8-9H2,1-2H3. The van der Waals surface area contributed by atoms with E-state index in [0.29, 0.717) is 12.2 Å². The van der Waals surface area contributed by atoms with Crippen molar-refractivity contribution in [1.82, 2.24) is 0 Å². The van der Waals surface area contributed by atoms with Gasteiger partial charge >= 0.3 is 5.97 Å². The molecule has 2 N–H and O–H groups in total. The van der Waals surface area contributed by atoms with E-state index in [-0.39, 0.29) is 19.1 Å². The monoisotopic (exact) mass is 280 g/mol. The summed E-state index contributed by atoms with van der Waals surface area (Å²) in [4.78, 5) is 12.0. The van der Waals surface area contributed by atoms with Gasteiger partial charge in [-0.15, -0.1) is 0 Å². The molecule has 0 saturated carbocycles. The van der Waals surface area contributed by atoms with E-state index in [1.165, 1.54) is 0 Å². The predicted molar refractivity (Wildman–Crippen MR) is 72.1 cm³/mol. The van der Waals surface area contributed by atoms with Crippen LogP contribution in [0.2, 0.25) is 0 Å². The lowest BCUT2D eigenvalue weighted by atomic mass is 9.88. The zero-order valence-corrected chi connectivity index (χ0v) is 11.7. The molecule has 1 aliphatic heterocycles.